The van der Waals surface area contributed by atoms with Gasteiger partial charge in [0.25, 0.3) is 5.91 Å². The maximum atomic E-state index is 12.2. The van der Waals surface area contributed by atoms with Crippen LogP contribution in [0.4, 0.5) is 5.69 Å². The summed E-state index contributed by atoms with van der Waals surface area (Å²) in [4.78, 5) is 23.0. The third-order valence-electron chi connectivity index (χ3n) is 3.89. The van der Waals surface area contributed by atoms with Crippen molar-refractivity contribution < 1.29 is 27.5 Å². The molecule has 0 saturated heterocycles. The van der Waals surface area contributed by atoms with Crippen molar-refractivity contribution in [2.24, 2.45) is 0 Å². The number of benzene rings is 1. The van der Waals surface area contributed by atoms with Gasteiger partial charge in [-0.3, -0.25) is 9.10 Å². The molecule has 0 spiro atoms. The highest BCUT2D eigenvalue weighted by Crippen LogP contribution is 2.30. The number of nitrogens with one attached hydrogen (secondary N) is 1. The molecule has 0 fully saturated rings. The first-order valence-corrected chi connectivity index (χ1v) is 9.31. The van der Waals surface area contributed by atoms with Crippen molar-refractivity contribution in [2.75, 3.05) is 17.1 Å². The van der Waals surface area contributed by atoms with Crippen LogP contribution in [0.3, 0.4) is 0 Å². The molecule has 2 N–H and O–H groups in total. The highest BCUT2D eigenvalue weighted by molar-refractivity contribution is 7.92. The molecule has 9 heteroatoms. The van der Waals surface area contributed by atoms with Gasteiger partial charge in [-0.1, -0.05) is 0 Å². The lowest BCUT2D eigenvalue weighted by atomic mass is 10.1. The van der Waals surface area contributed by atoms with Gasteiger partial charge in [0.15, 0.2) is 0 Å². The van der Waals surface area contributed by atoms with Crippen LogP contribution < -0.4 is 9.62 Å². The minimum absolute atomic E-state index is 0.0542. The van der Waals surface area contributed by atoms with Crippen LogP contribution in [0.25, 0.3) is 0 Å². The first kappa shape index (κ1) is 17.0. The number of rotatable bonds is 5. The van der Waals surface area contributed by atoms with Crippen molar-refractivity contribution in [1.82, 2.24) is 5.32 Å². The summed E-state index contributed by atoms with van der Waals surface area (Å²) in [7, 11) is -3.33. The Balaban J connectivity index is 1.70. The molecule has 0 aliphatic carbocycles. The Labute approximate surface area is 144 Å². The monoisotopic (exact) mass is 364 g/mol. The molecule has 1 aliphatic heterocycles. The van der Waals surface area contributed by atoms with Crippen LogP contribution in [0, 0.1) is 0 Å². The second-order valence-corrected chi connectivity index (χ2v) is 7.59. The van der Waals surface area contributed by atoms with E-state index in [1.807, 2.05) is 0 Å². The van der Waals surface area contributed by atoms with Crippen LogP contribution >= 0.6 is 0 Å². The summed E-state index contributed by atoms with van der Waals surface area (Å²) in [6.45, 7) is 0.419. The van der Waals surface area contributed by atoms with E-state index in [4.69, 9.17) is 9.52 Å². The van der Waals surface area contributed by atoms with Crippen molar-refractivity contribution in [3.05, 3.63) is 53.0 Å². The summed E-state index contributed by atoms with van der Waals surface area (Å²) in [6, 6.07) is 7.65. The highest BCUT2D eigenvalue weighted by atomic mass is 32.2. The largest absolute Gasteiger partial charge is 0.475 e. The van der Waals surface area contributed by atoms with E-state index in [0.29, 0.717) is 30.0 Å². The first-order valence-electron chi connectivity index (χ1n) is 7.46. The average molecular weight is 364 g/mol. The Morgan fingerprint density at radius 3 is 2.68 bits per heavy atom. The molecular weight excluding hydrogens is 348 g/mol. The van der Waals surface area contributed by atoms with E-state index < -0.39 is 16.0 Å². The van der Waals surface area contributed by atoms with E-state index in [2.05, 4.69) is 5.32 Å². The number of furan rings is 1. The molecule has 2 aromatic rings. The molecule has 8 nitrogen and oxygen atoms in total. The van der Waals surface area contributed by atoms with Crippen molar-refractivity contribution in [2.45, 2.75) is 13.0 Å². The second-order valence-electron chi connectivity index (χ2n) is 5.68. The molecule has 2 heterocycles. The zero-order valence-electron chi connectivity index (χ0n) is 13.4. The van der Waals surface area contributed by atoms with Gasteiger partial charge in [-0.25, -0.2) is 13.2 Å². The Morgan fingerprint density at radius 2 is 2.04 bits per heavy atom. The molecule has 0 saturated carbocycles. The summed E-state index contributed by atoms with van der Waals surface area (Å²) >= 11 is 0. The number of hydrogen-bond acceptors (Lipinski definition) is 5. The molecule has 132 valence electrons. The lowest BCUT2D eigenvalue weighted by Crippen LogP contribution is -2.27. The summed E-state index contributed by atoms with van der Waals surface area (Å²) in [5.74, 6) is -1.39. The van der Waals surface area contributed by atoms with Gasteiger partial charge in [-0.05, 0) is 42.3 Å². The van der Waals surface area contributed by atoms with E-state index in [1.165, 1.54) is 16.4 Å². The van der Waals surface area contributed by atoms with Crippen molar-refractivity contribution in [3.8, 4) is 0 Å². The van der Waals surface area contributed by atoms with Gasteiger partial charge in [0.2, 0.25) is 15.8 Å². The minimum Gasteiger partial charge on any atom is -0.475 e. The number of carbonyl (C=O) groups excluding carboxylic acids is 1. The third kappa shape index (κ3) is 3.50. The van der Waals surface area contributed by atoms with Crippen molar-refractivity contribution in [1.29, 1.82) is 0 Å². The molecule has 0 bridgehead atoms. The fourth-order valence-electron chi connectivity index (χ4n) is 2.71. The van der Waals surface area contributed by atoms with Crippen LogP contribution in [-0.2, 0) is 23.0 Å². The zero-order valence-corrected chi connectivity index (χ0v) is 14.2. The second kappa shape index (κ2) is 6.25. The van der Waals surface area contributed by atoms with E-state index in [9.17, 15) is 18.0 Å². The number of carboxylic acids is 1. The van der Waals surface area contributed by atoms with Gasteiger partial charge in [-0.2, -0.15) is 0 Å². The summed E-state index contributed by atoms with van der Waals surface area (Å²) < 4.78 is 29.8. The van der Waals surface area contributed by atoms with Crippen LogP contribution in [0.15, 0.2) is 34.7 Å². The number of carboxylic acid groups (broad SMARTS) is 1. The first-order chi connectivity index (χ1) is 11.8. The Morgan fingerprint density at radius 1 is 1.28 bits per heavy atom. The van der Waals surface area contributed by atoms with Gasteiger partial charge in [-0.15, -0.1) is 0 Å². The molecule has 1 amide bonds. The van der Waals surface area contributed by atoms with E-state index in [-0.39, 0.29) is 18.2 Å². The smallest absolute Gasteiger partial charge is 0.371 e. The number of hydrogen-bond donors (Lipinski definition) is 2. The van der Waals surface area contributed by atoms with Crippen LogP contribution in [0.5, 0.6) is 0 Å². The van der Waals surface area contributed by atoms with Gasteiger partial charge in [0.1, 0.15) is 5.76 Å². The Bertz CT molecular complexity index is 947. The molecule has 25 heavy (non-hydrogen) atoms. The van der Waals surface area contributed by atoms with Crippen molar-refractivity contribution >= 4 is 27.6 Å². The molecular formula is C16H16N2O6S. The van der Waals surface area contributed by atoms with E-state index in [1.54, 1.807) is 18.2 Å². The number of amides is 1. The molecule has 3 rings (SSSR count). The number of anilines is 1. The fourth-order valence-corrected chi connectivity index (χ4v) is 3.67. The lowest BCUT2D eigenvalue weighted by Gasteiger charge is -2.16. The maximum Gasteiger partial charge on any atom is 0.371 e. The molecule has 1 aliphatic rings. The fraction of sp³-hybridized carbons (Fsp3) is 0.250. The molecule has 0 atom stereocenters. The quantitative estimate of drug-likeness (QED) is 0.824. The summed E-state index contributed by atoms with van der Waals surface area (Å²) in [5.41, 5.74) is 1.79. The third-order valence-corrected chi connectivity index (χ3v) is 5.07. The molecule has 0 unspecified atom stereocenters. The van der Waals surface area contributed by atoms with E-state index in [0.717, 1.165) is 11.8 Å². The predicted molar refractivity (Wildman–Crippen MR) is 89.2 cm³/mol. The molecule has 1 aromatic carbocycles. The Hall–Kier alpha value is -2.81. The summed E-state index contributed by atoms with van der Waals surface area (Å²) in [6.07, 6.45) is 1.70. The lowest BCUT2D eigenvalue weighted by molar-refractivity contribution is 0.0660. The normalized spacial score (nSPS) is 13.6. The average Bonchev–Trinajstić information content (AvgIpc) is 3.18. The highest BCUT2D eigenvalue weighted by Gasteiger charge is 2.26. The summed E-state index contributed by atoms with van der Waals surface area (Å²) in [5, 5.41) is 11.4. The van der Waals surface area contributed by atoms with Crippen LogP contribution in [-0.4, -0.2) is 38.2 Å². The number of nitrogens with zero attached hydrogens (tertiary/aromatic N) is 1. The molecule has 0 radical (unpaired) electrons. The van der Waals surface area contributed by atoms with Gasteiger partial charge < -0.3 is 14.8 Å². The number of fused-ring (bicyclic) bond motifs is 1. The van der Waals surface area contributed by atoms with Gasteiger partial charge in [0, 0.05) is 12.1 Å². The standard InChI is InChI=1S/C16H16N2O6S/c1-25(22,23)18-7-6-10-8-11(2-4-13(10)18)15(19)17-9-12-3-5-14(24-12)16(20)21/h2-5,8H,6-7,9H2,1H3,(H,17,19)(H,20,21). The number of carbonyl (C=O) groups is 2. The number of aromatic carboxylic acids is 1. The van der Waals surface area contributed by atoms with Crippen LogP contribution in [0.1, 0.15) is 32.2 Å². The topological polar surface area (TPSA) is 117 Å². The zero-order chi connectivity index (χ0) is 18.2. The predicted octanol–water partition coefficient (Wildman–Crippen LogP) is 1.23. The SMILES string of the molecule is CS(=O)(=O)N1CCc2cc(C(=O)NCc3ccc(C(=O)O)o3)ccc21. The Kier molecular flexibility index (Phi) is 4.25. The van der Waals surface area contributed by atoms with Crippen LogP contribution in [0.2, 0.25) is 0 Å². The maximum absolute atomic E-state index is 12.2. The molecule has 1 aromatic heterocycles. The number of sulfonamides is 1. The van der Waals surface area contributed by atoms with Gasteiger partial charge >= 0.3 is 5.97 Å². The van der Waals surface area contributed by atoms with Gasteiger partial charge in [0.05, 0.1) is 18.5 Å². The van der Waals surface area contributed by atoms with Crippen molar-refractivity contribution in [3.63, 3.8) is 0 Å². The minimum atomic E-state index is -3.33. The van der Waals surface area contributed by atoms with E-state index >= 15 is 0 Å².